The fourth-order valence-electron chi connectivity index (χ4n) is 4.69. The Bertz CT molecular complexity index is 877. The number of hydrogen-bond acceptors (Lipinski definition) is 0. The number of fused-ring (bicyclic) bond motifs is 1. The van der Waals surface area contributed by atoms with Gasteiger partial charge in [0.1, 0.15) is 0 Å². The Morgan fingerprint density at radius 1 is 0.800 bits per heavy atom. The maximum Gasteiger partial charge on any atom is -1.00 e. The summed E-state index contributed by atoms with van der Waals surface area (Å²) in [5, 5.41) is 3.41. The van der Waals surface area contributed by atoms with Gasteiger partial charge in [-0.25, -0.2) is 0 Å². The molecule has 1 unspecified atom stereocenters. The quantitative estimate of drug-likeness (QED) is 0.278. The fraction of sp³-hybridized carbons (Fsp3) is 0.440. The summed E-state index contributed by atoms with van der Waals surface area (Å²) in [6.07, 6.45) is 5.33. The van der Waals surface area contributed by atoms with Gasteiger partial charge in [-0.05, 0) is 0 Å². The standard InChI is InChI=1S/C25H33Si.3ClH.Ti/c1-7-8-9-12-21-15-24(23-14-11-10-13-22(21)23)26-25-19(5)17(3)16(2)18(4)20(25)6;;;;/h10-11,13-14,21H,7-9,12,26H2,1-6H3;3*1H;/q;;;;+3/p-3. The van der Waals surface area contributed by atoms with Crippen LogP contribution in [0.4, 0.5) is 0 Å². The first kappa shape index (κ1) is 30.0. The number of hydrogen-bond donors (Lipinski definition) is 0. The van der Waals surface area contributed by atoms with Crippen molar-refractivity contribution in [1.82, 2.24) is 0 Å². The Kier molecular flexibility index (Phi) is 12.9. The number of halogens is 3. The molecule has 1 aliphatic carbocycles. The molecule has 2 aromatic rings. The van der Waals surface area contributed by atoms with Crippen molar-refractivity contribution in [2.45, 2.75) is 73.1 Å². The monoisotopic (exact) mass is 514 g/mol. The SMILES string of the molecule is CCCCCC1[C]([Ti+3])=C([SiH2]c2c(C)c(C)c(C)c(C)c2C)c2ccccc21.[Cl-].[Cl-].[Cl-]. The minimum absolute atomic E-state index is 0. The number of unbranched alkanes of at least 4 members (excludes halogenated alkanes) is 2. The van der Waals surface area contributed by atoms with E-state index < -0.39 is 9.52 Å². The van der Waals surface area contributed by atoms with Crippen molar-refractivity contribution in [3.05, 3.63) is 67.1 Å². The normalized spacial score (nSPS) is 15.0. The molecule has 0 saturated carbocycles. The average Bonchev–Trinajstić information content (AvgIpc) is 2.94. The topological polar surface area (TPSA) is 0 Å². The minimum atomic E-state index is -0.488. The Morgan fingerprint density at radius 3 is 1.90 bits per heavy atom. The average molecular weight is 516 g/mol. The van der Waals surface area contributed by atoms with Gasteiger partial charge in [-0.3, -0.25) is 0 Å². The van der Waals surface area contributed by atoms with Crippen molar-refractivity contribution in [2.75, 3.05) is 0 Å². The van der Waals surface area contributed by atoms with Crippen molar-refractivity contribution in [1.29, 1.82) is 0 Å². The number of rotatable bonds is 6. The molecule has 0 radical (unpaired) electrons. The summed E-state index contributed by atoms with van der Waals surface area (Å²) < 4.78 is 1.67. The van der Waals surface area contributed by atoms with Crippen LogP contribution in [0.15, 0.2) is 28.1 Å². The predicted molar refractivity (Wildman–Crippen MR) is 119 cm³/mol. The van der Waals surface area contributed by atoms with Gasteiger partial charge < -0.3 is 37.2 Å². The predicted octanol–water partition coefficient (Wildman–Crippen LogP) is -3.37. The molecule has 0 nitrogen and oxygen atoms in total. The van der Waals surface area contributed by atoms with Crippen molar-refractivity contribution in [2.24, 2.45) is 0 Å². The van der Waals surface area contributed by atoms with Gasteiger partial charge in [-0.2, -0.15) is 0 Å². The molecule has 162 valence electrons. The van der Waals surface area contributed by atoms with E-state index in [1.807, 2.05) is 0 Å². The molecule has 5 heteroatoms. The summed E-state index contributed by atoms with van der Waals surface area (Å²) >= 11 is 2.43. The molecule has 1 aliphatic rings. The van der Waals surface area contributed by atoms with Gasteiger partial charge in [-0.15, -0.1) is 0 Å². The molecule has 0 fully saturated rings. The van der Waals surface area contributed by atoms with Crippen LogP contribution in [0, 0.1) is 34.6 Å². The minimum Gasteiger partial charge on any atom is -1.00 e. The second-order valence-electron chi connectivity index (χ2n) is 8.31. The maximum atomic E-state index is 2.43. The molecule has 30 heavy (non-hydrogen) atoms. The molecule has 0 bridgehead atoms. The first-order valence-corrected chi connectivity index (χ1v) is 12.7. The molecule has 0 saturated heterocycles. The van der Waals surface area contributed by atoms with Crippen LogP contribution in [0.1, 0.15) is 77.5 Å². The van der Waals surface area contributed by atoms with Crippen molar-refractivity contribution >= 4 is 19.9 Å². The van der Waals surface area contributed by atoms with Crippen LogP contribution in [-0.2, 0) is 20.4 Å². The van der Waals surface area contributed by atoms with E-state index in [9.17, 15) is 0 Å². The van der Waals surface area contributed by atoms with E-state index in [2.05, 4.69) is 86.2 Å². The molecular formula is C25H33Cl3SiTi. The van der Waals surface area contributed by atoms with Crippen LogP contribution in [0.25, 0.3) is 5.20 Å². The Labute approximate surface area is 216 Å². The van der Waals surface area contributed by atoms with Crippen LogP contribution < -0.4 is 42.4 Å². The van der Waals surface area contributed by atoms with Crippen LogP contribution in [0.5, 0.6) is 0 Å². The molecule has 0 spiro atoms. The first-order valence-electron chi connectivity index (χ1n) is 10.5. The second-order valence-corrected chi connectivity index (χ2v) is 10.9. The third kappa shape index (κ3) is 5.66. The summed E-state index contributed by atoms with van der Waals surface area (Å²) in [6.45, 7) is 13.9. The molecule has 1 atom stereocenters. The zero-order valence-electron chi connectivity index (χ0n) is 19.1. The van der Waals surface area contributed by atoms with Crippen molar-refractivity contribution in [3.8, 4) is 0 Å². The summed E-state index contributed by atoms with van der Waals surface area (Å²) in [5.74, 6) is 0.656. The van der Waals surface area contributed by atoms with E-state index in [0.29, 0.717) is 5.92 Å². The first-order chi connectivity index (χ1) is 12.9. The molecule has 0 amide bonds. The third-order valence-corrected chi connectivity index (χ3v) is 11.0. The summed E-state index contributed by atoms with van der Waals surface area (Å²) in [7, 11) is -0.488. The van der Waals surface area contributed by atoms with Crippen molar-refractivity contribution < 1.29 is 57.7 Å². The number of benzene rings is 2. The summed E-state index contributed by atoms with van der Waals surface area (Å²) in [4.78, 5) is 0. The third-order valence-electron chi connectivity index (χ3n) is 6.94. The maximum absolute atomic E-state index is 2.43. The molecule has 2 aromatic carbocycles. The van der Waals surface area contributed by atoms with E-state index in [-0.39, 0.29) is 37.2 Å². The van der Waals surface area contributed by atoms with Gasteiger partial charge in [0.15, 0.2) is 0 Å². The smallest absolute Gasteiger partial charge is 1.00 e. The van der Waals surface area contributed by atoms with Crippen molar-refractivity contribution in [3.63, 3.8) is 0 Å². The second kappa shape index (κ2) is 12.9. The van der Waals surface area contributed by atoms with Crippen LogP contribution >= 0.6 is 0 Å². The molecular weight excluding hydrogens is 483 g/mol. The molecule has 0 aliphatic heterocycles. The van der Waals surface area contributed by atoms with Gasteiger partial charge in [-0.1, -0.05) is 0 Å². The summed E-state index contributed by atoms with van der Waals surface area (Å²) in [5.41, 5.74) is 10.8. The molecule has 0 aromatic heterocycles. The van der Waals surface area contributed by atoms with Crippen LogP contribution in [0.2, 0.25) is 0 Å². The largest absolute Gasteiger partial charge is 1.00 e. The van der Waals surface area contributed by atoms with E-state index in [0.717, 1.165) is 0 Å². The molecule has 3 rings (SSSR count). The van der Waals surface area contributed by atoms with E-state index >= 15 is 0 Å². The van der Waals surface area contributed by atoms with Crippen LogP contribution in [-0.4, -0.2) is 9.52 Å². The van der Waals surface area contributed by atoms with Crippen LogP contribution in [0.3, 0.4) is 0 Å². The molecule has 0 heterocycles. The Hall–Kier alpha value is -0.0188. The van der Waals surface area contributed by atoms with E-state index in [1.165, 1.54) is 42.4 Å². The molecule has 0 N–H and O–H groups in total. The van der Waals surface area contributed by atoms with Gasteiger partial charge in [0, 0.05) is 0 Å². The van der Waals surface area contributed by atoms with E-state index in [1.54, 1.807) is 36.5 Å². The van der Waals surface area contributed by atoms with Gasteiger partial charge >= 0.3 is 181 Å². The Morgan fingerprint density at radius 2 is 1.33 bits per heavy atom. The van der Waals surface area contributed by atoms with Gasteiger partial charge in [0.2, 0.25) is 0 Å². The summed E-state index contributed by atoms with van der Waals surface area (Å²) in [6, 6.07) is 9.25. The van der Waals surface area contributed by atoms with E-state index in [4.69, 9.17) is 0 Å². The fourth-order valence-corrected chi connectivity index (χ4v) is 8.15. The van der Waals surface area contributed by atoms with Gasteiger partial charge in [0.25, 0.3) is 0 Å². The zero-order valence-corrected chi connectivity index (χ0v) is 24.3. The van der Waals surface area contributed by atoms with Gasteiger partial charge in [0.05, 0.1) is 0 Å². The zero-order chi connectivity index (χ0) is 19.7. The Balaban J connectivity index is 0.00000280. The number of allylic oxidation sites excluding steroid dienone is 1.